The minimum atomic E-state index is -4.00. The number of carbonyl (C=O) groups is 1. The van der Waals surface area contributed by atoms with Crippen molar-refractivity contribution in [3.63, 3.8) is 0 Å². The molecule has 2 aromatic carbocycles. The van der Waals surface area contributed by atoms with Crippen LogP contribution in [0.4, 0.5) is 21.7 Å². The summed E-state index contributed by atoms with van der Waals surface area (Å²) in [5.74, 6) is -0.580. The highest BCUT2D eigenvalue weighted by Gasteiger charge is 2.25. The number of amides is 1. The van der Waals surface area contributed by atoms with E-state index in [0.29, 0.717) is 11.1 Å². The summed E-state index contributed by atoms with van der Waals surface area (Å²) in [7, 11) is -2.59. The molecule has 192 valence electrons. The van der Waals surface area contributed by atoms with E-state index in [4.69, 9.17) is 27.9 Å². The number of methoxy groups -OCH3 is 1. The number of sulfonamides is 1. The number of nitrogens with zero attached hydrogens (tertiary/aromatic N) is 3. The van der Waals surface area contributed by atoms with Crippen LogP contribution >= 0.6 is 23.2 Å². The lowest BCUT2D eigenvalue weighted by molar-refractivity contribution is -0.117. The van der Waals surface area contributed by atoms with Gasteiger partial charge in [0.1, 0.15) is 28.5 Å². The van der Waals surface area contributed by atoms with Gasteiger partial charge in [0.05, 0.1) is 22.8 Å². The number of ether oxygens (including phenoxy) is 1. The molecule has 13 heteroatoms. The van der Waals surface area contributed by atoms with Crippen LogP contribution < -0.4 is 14.4 Å². The summed E-state index contributed by atoms with van der Waals surface area (Å²) >= 11 is 12.3. The topological polar surface area (TPSA) is 115 Å². The Balaban J connectivity index is 1.75. The van der Waals surface area contributed by atoms with Crippen molar-refractivity contribution in [2.75, 3.05) is 16.7 Å². The van der Waals surface area contributed by atoms with Gasteiger partial charge in [-0.25, -0.2) is 17.8 Å². The zero-order valence-corrected chi connectivity index (χ0v) is 21.7. The van der Waals surface area contributed by atoms with E-state index in [-0.39, 0.29) is 50.3 Å². The molecule has 1 amide bonds. The van der Waals surface area contributed by atoms with Gasteiger partial charge in [-0.2, -0.15) is 0 Å². The van der Waals surface area contributed by atoms with Crippen LogP contribution in [0.3, 0.4) is 0 Å². The van der Waals surface area contributed by atoms with Crippen molar-refractivity contribution in [1.82, 2.24) is 10.1 Å². The smallest absolute Gasteiger partial charge is 0.264 e. The fourth-order valence-corrected chi connectivity index (χ4v) is 4.76. The summed E-state index contributed by atoms with van der Waals surface area (Å²) in [6.45, 7) is 1.66. The zero-order valence-electron chi connectivity index (χ0n) is 19.4. The Morgan fingerprint density at radius 3 is 2.51 bits per heavy atom. The second kappa shape index (κ2) is 10.8. The largest absolute Gasteiger partial charge is 0.495 e. The normalized spacial score (nSPS) is 11.3. The van der Waals surface area contributed by atoms with Crippen LogP contribution in [0.15, 0.2) is 70.4 Å². The van der Waals surface area contributed by atoms with Gasteiger partial charge in [0.15, 0.2) is 5.82 Å². The molecule has 0 radical (unpaired) electrons. The van der Waals surface area contributed by atoms with E-state index in [2.05, 4.69) is 19.4 Å². The molecule has 4 rings (SSSR count). The van der Waals surface area contributed by atoms with Gasteiger partial charge in [-0.05, 0) is 42.0 Å². The van der Waals surface area contributed by atoms with Gasteiger partial charge < -0.3 is 9.26 Å². The standard InChI is InChI=1S/C24H19Cl2FN4O5S/c1-3-24(32)31(23-7-5-15(13-28-23)37(33,34)30-22-8-9-36-29-22)20-12-18(26)16(11-21(20)35-2)14-4-6-17(25)19(27)10-14/h4-13H,3H2,1-2H3,(H,29,30). The number of pyridine rings is 1. The zero-order chi connectivity index (χ0) is 26.7. The second-order valence-electron chi connectivity index (χ2n) is 7.56. The number of rotatable bonds is 8. The Labute approximate surface area is 221 Å². The SMILES string of the molecule is CCC(=O)N(c1ccc(S(=O)(=O)Nc2ccon2)cn1)c1cc(Cl)c(-c2ccc(Cl)c(F)c2)cc1OC. The Kier molecular flexibility index (Phi) is 7.67. The first-order valence-corrected chi connectivity index (χ1v) is 12.9. The molecule has 9 nitrogen and oxygen atoms in total. The first-order chi connectivity index (χ1) is 17.6. The summed E-state index contributed by atoms with van der Waals surface area (Å²) in [4.78, 5) is 18.3. The molecule has 0 fully saturated rings. The minimum Gasteiger partial charge on any atom is -0.495 e. The highest BCUT2D eigenvalue weighted by atomic mass is 35.5. The van der Waals surface area contributed by atoms with E-state index in [1.54, 1.807) is 19.1 Å². The molecule has 0 aliphatic rings. The van der Waals surface area contributed by atoms with Gasteiger partial charge in [0, 0.05) is 24.2 Å². The molecule has 2 heterocycles. The summed E-state index contributed by atoms with van der Waals surface area (Å²) in [5, 5.41) is 3.70. The van der Waals surface area contributed by atoms with Crippen molar-refractivity contribution < 1.29 is 26.9 Å². The van der Waals surface area contributed by atoms with E-state index in [9.17, 15) is 17.6 Å². The molecule has 1 N–H and O–H groups in total. The minimum absolute atomic E-state index is 0.00639. The number of nitrogens with one attached hydrogen (secondary N) is 1. The number of halogens is 3. The van der Waals surface area contributed by atoms with Crippen molar-refractivity contribution in [2.24, 2.45) is 0 Å². The fraction of sp³-hybridized carbons (Fsp3) is 0.125. The number of carbonyl (C=O) groups excluding carboxylic acids is 1. The summed E-state index contributed by atoms with van der Waals surface area (Å²) < 4.78 is 51.7. The van der Waals surface area contributed by atoms with Gasteiger partial charge in [0.25, 0.3) is 10.0 Å². The average Bonchev–Trinajstić information content (AvgIpc) is 3.38. The van der Waals surface area contributed by atoms with E-state index < -0.39 is 15.8 Å². The van der Waals surface area contributed by atoms with E-state index >= 15 is 0 Å². The Morgan fingerprint density at radius 2 is 1.92 bits per heavy atom. The maximum Gasteiger partial charge on any atom is 0.264 e. The molecule has 0 bridgehead atoms. The van der Waals surface area contributed by atoms with Crippen LogP contribution in [0, 0.1) is 5.82 Å². The summed E-state index contributed by atoms with van der Waals surface area (Å²) in [6.07, 6.45) is 2.42. The Morgan fingerprint density at radius 1 is 1.14 bits per heavy atom. The highest BCUT2D eigenvalue weighted by Crippen LogP contribution is 2.42. The van der Waals surface area contributed by atoms with Crippen molar-refractivity contribution in [1.29, 1.82) is 0 Å². The van der Waals surface area contributed by atoms with Crippen LogP contribution in [0.1, 0.15) is 13.3 Å². The maximum atomic E-state index is 14.1. The third-order valence-electron chi connectivity index (χ3n) is 5.23. The van der Waals surface area contributed by atoms with Crippen molar-refractivity contribution in [3.8, 4) is 16.9 Å². The fourth-order valence-electron chi connectivity index (χ4n) is 3.44. The molecule has 37 heavy (non-hydrogen) atoms. The molecular formula is C24H19Cl2FN4O5S. The van der Waals surface area contributed by atoms with Crippen molar-refractivity contribution in [2.45, 2.75) is 18.2 Å². The van der Waals surface area contributed by atoms with Gasteiger partial charge in [0.2, 0.25) is 5.91 Å². The number of hydrogen-bond donors (Lipinski definition) is 1. The number of anilines is 3. The second-order valence-corrected chi connectivity index (χ2v) is 10.1. The molecular weight excluding hydrogens is 546 g/mol. The third-order valence-corrected chi connectivity index (χ3v) is 7.19. The maximum absolute atomic E-state index is 14.1. The highest BCUT2D eigenvalue weighted by molar-refractivity contribution is 7.92. The molecule has 0 unspecified atom stereocenters. The van der Waals surface area contributed by atoms with Crippen molar-refractivity contribution in [3.05, 3.63) is 76.9 Å². The van der Waals surface area contributed by atoms with Crippen LogP contribution in [0.5, 0.6) is 5.75 Å². The van der Waals surface area contributed by atoms with Gasteiger partial charge in [-0.1, -0.05) is 41.3 Å². The molecule has 0 aliphatic heterocycles. The molecule has 0 spiro atoms. The van der Waals surface area contributed by atoms with Gasteiger partial charge >= 0.3 is 0 Å². The quantitative estimate of drug-likeness (QED) is 0.276. The van der Waals surface area contributed by atoms with Crippen LogP contribution in [0.2, 0.25) is 10.0 Å². The number of hydrogen-bond acceptors (Lipinski definition) is 7. The van der Waals surface area contributed by atoms with Gasteiger partial charge in [-0.15, -0.1) is 0 Å². The van der Waals surface area contributed by atoms with Gasteiger partial charge in [-0.3, -0.25) is 14.4 Å². The first kappa shape index (κ1) is 26.4. The van der Waals surface area contributed by atoms with Crippen LogP contribution in [0.25, 0.3) is 11.1 Å². The van der Waals surface area contributed by atoms with E-state index in [1.165, 1.54) is 54.7 Å². The van der Waals surface area contributed by atoms with E-state index in [0.717, 1.165) is 6.20 Å². The lowest BCUT2D eigenvalue weighted by Crippen LogP contribution is -2.26. The Bertz CT molecular complexity index is 1550. The summed E-state index contributed by atoms with van der Waals surface area (Å²) in [6, 6.07) is 11.3. The van der Waals surface area contributed by atoms with E-state index in [1.807, 2.05) is 0 Å². The molecule has 0 atom stereocenters. The Hall–Kier alpha value is -3.67. The number of benzene rings is 2. The molecule has 2 aromatic heterocycles. The summed E-state index contributed by atoms with van der Waals surface area (Å²) in [5.41, 5.74) is 1.17. The first-order valence-electron chi connectivity index (χ1n) is 10.7. The molecule has 0 aliphatic carbocycles. The number of aromatic nitrogens is 2. The monoisotopic (exact) mass is 564 g/mol. The molecule has 0 saturated heterocycles. The van der Waals surface area contributed by atoms with Crippen molar-refractivity contribution >= 4 is 56.5 Å². The third kappa shape index (κ3) is 5.53. The van der Waals surface area contributed by atoms with Crippen LogP contribution in [-0.2, 0) is 14.8 Å². The molecule has 0 saturated carbocycles. The lowest BCUT2D eigenvalue weighted by Gasteiger charge is -2.24. The predicted octanol–water partition coefficient (Wildman–Crippen LogP) is 6.07. The predicted molar refractivity (Wildman–Crippen MR) is 137 cm³/mol. The van der Waals surface area contributed by atoms with Crippen LogP contribution in [-0.4, -0.2) is 31.6 Å². The molecule has 4 aromatic rings. The lowest BCUT2D eigenvalue weighted by atomic mass is 10.0. The average molecular weight is 565 g/mol.